The number of hydrogen-bond donors (Lipinski definition) is 1. The molecule has 1 aromatic carbocycles. The molecule has 0 saturated heterocycles. The van der Waals surface area contributed by atoms with Crippen LogP contribution in [0.25, 0.3) is 0 Å². The monoisotopic (exact) mass is 221 g/mol. The third-order valence-corrected chi connectivity index (χ3v) is 3.52. The molecule has 0 aliphatic heterocycles. The molecule has 1 aromatic rings. The van der Waals surface area contributed by atoms with Crippen molar-refractivity contribution >= 4 is 17.8 Å². The minimum atomic E-state index is -0.404. The first-order valence-electron chi connectivity index (χ1n) is 4.69. The molecule has 0 unspecified atom stereocenters. The predicted octanol–water partition coefficient (Wildman–Crippen LogP) is 2.44. The van der Waals surface area contributed by atoms with Crippen LogP contribution in [0.1, 0.15) is 18.4 Å². The highest BCUT2D eigenvalue weighted by Gasteiger charge is 2.46. The summed E-state index contributed by atoms with van der Waals surface area (Å²) < 4.78 is 0. The maximum absolute atomic E-state index is 10.4. The van der Waals surface area contributed by atoms with E-state index in [9.17, 15) is 9.90 Å². The highest BCUT2D eigenvalue weighted by molar-refractivity contribution is 7.98. The van der Waals surface area contributed by atoms with E-state index in [1.54, 1.807) is 18.2 Å². The molecular weight excluding hydrogens is 210 g/mol. The summed E-state index contributed by atoms with van der Waals surface area (Å²) in [5, 5.41) is 9.69. The maximum Gasteiger partial charge on any atom is 0.235 e. The van der Waals surface area contributed by atoms with Crippen LogP contribution in [0.5, 0.6) is 5.75 Å². The van der Waals surface area contributed by atoms with Crippen molar-refractivity contribution < 1.29 is 9.90 Å². The molecule has 78 valence electrons. The number of phenolic OH excluding ortho intramolecular Hbond substituents is 1. The van der Waals surface area contributed by atoms with Crippen LogP contribution in [0.3, 0.4) is 0 Å². The highest BCUT2D eigenvalue weighted by Crippen LogP contribution is 2.53. The summed E-state index contributed by atoms with van der Waals surface area (Å²) in [6, 6.07) is 5.35. The van der Waals surface area contributed by atoms with E-state index in [2.05, 4.69) is 4.99 Å². The number of hydrogen-bond acceptors (Lipinski definition) is 4. The summed E-state index contributed by atoms with van der Waals surface area (Å²) in [5.74, 6) is 0.257. The second kappa shape index (κ2) is 3.72. The van der Waals surface area contributed by atoms with Crippen LogP contribution < -0.4 is 0 Å². The minimum absolute atomic E-state index is 0.257. The number of thioether (sulfide) groups is 1. The summed E-state index contributed by atoms with van der Waals surface area (Å²) in [5.41, 5.74) is 0.539. The fourth-order valence-corrected chi connectivity index (χ4v) is 2.51. The van der Waals surface area contributed by atoms with Gasteiger partial charge in [-0.1, -0.05) is 12.1 Å². The second-order valence-electron chi connectivity index (χ2n) is 3.59. The highest BCUT2D eigenvalue weighted by atomic mass is 32.2. The van der Waals surface area contributed by atoms with Crippen LogP contribution in [-0.4, -0.2) is 17.4 Å². The average Bonchev–Trinajstić information content (AvgIpc) is 2.99. The number of aliphatic imine (C=N–C) groups is 1. The molecule has 1 aliphatic carbocycles. The van der Waals surface area contributed by atoms with Gasteiger partial charge in [0, 0.05) is 0 Å². The van der Waals surface area contributed by atoms with Gasteiger partial charge in [0.25, 0.3) is 0 Å². The van der Waals surface area contributed by atoms with Crippen LogP contribution in [-0.2, 0) is 10.3 Å². The predicted molar refractivity (Wildman–Crippen MR) is 58.9 cm³/mol. The van der Waals surface area contributed by atoms with Crippen LogP contribution in [0, 0.1) is 0 Å². The van der Waals surface area contributed by atoms with Crippen LogP contribution >= 0.6 is 11.8 Å². The van der Waals surface area contributed by atoms with Crippen LogP contribution in [0.15, 0.2) is 28.1 Å². The van der Waals surface area contributed by atoms with Gasteiger partial charge in [0.15, 0.2) is 0 Å². The van der Waals surface area contributed by atoms with Crippen LogP contribution in [0.4, 0.5) is 0 Å². The van der Waals surface area contributed by atoms with E-state index in [1.165, 1.54) is 11.8 Å². The van der Waals surface area contributed by atoms with E-state index in [1.807, 2.05) is 12.3 Å². The second-order valence-corrected chi connectivity index (χ2v) is 4.41. The summed E-state index contributed by atoms with van der Waals surface area (Å²) >= 11 is 1.47. The number of isocyanates is 1. The fourth-order valence-electron chi connectivity index (χ4n) is 1.75. The van der Waals surface area contributed by atoms with Gasteiger partial charge in [0.05, 0.1) is 10.4 Å². The lowest BCUT2D eigenvalue weighted by molar-refractivity contribution is 0.458. The Morgan fingerprint density at radius 3 is 2.80 bits per heavy atom. The Bertz CT molecular complexity index is 434. The number of phenols is 1. The molecule has 1 aliphatic rings. The minimum Gasteiger partial charge on any atom is -0.507 e. The molecule has 1 fully saturated rings. The number of aromatic hydroxyl groups is 1. The topological polar surface area (TPSA) is 49.7 Å². The zero-order valence-corrected chi connectivity index (χ0v) is 9.17. The van der Waals surface area contributed by atoms with E-state index in [0.29, 0.717) is 0 Å². The van der Waals surface area contributed by atoms with Crippen molar-refractivity contribution in [3.63, 3.8) is 0 Å². The third-order valence-electron chi connectivity index (χ3n) is 2.68. The van der Waals surface area contributed by atoms with E-state index in [4.69, 9.17) is 0 Å². The first-order chi connectivity index (χ1) is 7.23. The van der Waals surface area contributed by atoms with E-state index in [0.717, 1.165) is 23.3 Å². The lowest BCUT2D eigenvalue weighted by atomic mass is 10.1. The van der Waals surface area contributed by atoms with Gasteiger partial charge >= 0.3 is 0 Å². The maximum atomic E-state index is 10.4. The molecule has 3 nitrogen and oxygen atoms in total. The summed E-state index contributed by atoms with van der Waals surface area (Å²) in [4.78, 5) is 15.0. The molecule has 0 atom stereocenters. The fraction of sp³-hybridized carbons (Fsp3) is 0.364. The van der Waals surface area contributed by atoms with Gasteiger partial charge in [0.2, 0.25) is 6.08 Å². The molecule has 0 amide bonds. The zero-order valence-electron chi connectivity index (χ0n) is 8.36. The van der Waals surface area contributed by atoms with Crippen molar-refractivity contribution in [1.82, 2.24) is 0 Å². The SMILES string of the molecule is CSc1c(O)cccc1C1(N=C=O)CC1. The van der Waals surface area contributed by atoms with Gasteiger partial charge in [0.1, 0.15) is 5.75 Å². The Labute approximate surface area is 92.2 Å². The molecule has 0 aromatic heterocycles. The molecule has 0 spiro atoms. The van der Waals surface area contributed by atoms with Crippen molar-refractivity contribution in [2.75, 3.05) is 6.26 Å². The summed E-state index contributed by atoms with van der Waals surface area (Å²) in [6.07, 6.45) is 5.25. The van der Waals surface area contributed by atoms with Crippen molar-refractivity contribution in [1.29, 1.82) is 0 Å². The Morgan fingerprint density at radius 1 is 1.53 bits per heavy atom. The number of benzene rings is 1. The Balaban J connectivity index is 2.53. The summed E-state index contributed by atoms with van der Waals surface area (Å²) in [7, 11) is 0. The van der Waals surface area contributed by atoms with Gasteiger partial charge in [-0.3, -0.25) is 0 Å². The Hall–Kier alpha value is -1.25. The van der Waals surface area contributed by atoms with Crippen molar-refractivity contribution in [3.8, 4) is 5.75 Å². The first kappa shape index (κ1) is 10.3. The van der Waals surface area contributed by atoms with E-state index in [-0.39, 0.29) is 5.75 Å². The van der Waals surface area contributed by atoms with Crippen molar-refractivity contribution in [2.24, 2.45) is 4.99 Å². The van der Waals surface area contributed by atoms with Gasteiger partial charge in [-0.15, -0.1) is 11.8 Å². The van der Waals surface area contributed by atoms with E-state index >= 15 is 0 Å². The largest absolute Gasteiger partial charge is 0.507 e. The lowest BCUT2D eigenvalue weighted by Crippen LogP contribution is -2.04. The van der Waals surface area contributed by atoms with Crippen LogP contribution in [0.2, 0.25) is 0 Å². The molecule has 15 heavy (non-hydrogen) atoms. The Morgan fingerprint density at radius 2 is 2.27 bits per heavy atom. The number of rotatable bonds is 3. The molecule has 0 bridgehead atoms. The molecule has 2 rings (SSSR count). The van der Waals surface area contributed by atoms with Gasteiger partial charge < -0.3 is 5.11 Å². The normalized spacial score (nSPS) is 16.9. The third kappa shape index (κ3) is 1.66. The van der Waals surface area contributed by atoms with Crippen molar-refractivity contribution in [2.45, 2.75) is 23.3 Å². The number of carbonyl (C=O) groups excluding carboxylic acids is 1. The van der Waals surface area contributed by atoms with E-state index < -0.39 is 5.54 Å². The molecule has 0 heterocycles. The zero-order chi connectivity index (χ0) is 10.9. The Kier molecular flexibility index (Phi) is 2.55. The van der Waals surface area contributed by atoms with Gasteiger partial charge in [-0.2, -0.15) is 4.99 Å². The smallest absolute Gasteiger partial charge is 0.235 e. The summed E-state index contributed by atoms with van der Waals surface area (Å²) in [6.45, 7) is 0. The molecule has 1 saturated carbocycles. The van der Waals surface area contributed by atoms with Gasteiger partial charge in [-0.05, 0) is 30.7 Å². The lowest BCUT2D eigenvalue weighted by Gasteiger charge is -2.13. The molecule has 4 heteroatoms. The van der Waals surface area contributed by atoms with Crippen molar-refractivity contribution in [3.05, 3.63) is 23.8 Å². The molecule has 0 radical (unpaired) electrons. The molecule has 1 N–H and O–H groups in total. The van der Waals surface area contributed by atoms with Gasteiger partial charge in [-0.25, -0.2) is 4.79 Å². The standard InChI is InChI=1S/C11H11NO2S/c1-15-10-8(3-2-4-9(10)14)11(5-6-11)12-7-13/h2-4,14H,5-6H2,1H3. The quantitative estimate of drug-likeness (QED) is 0.484. The number of nitrogens with zero attached hydrogens (tertiary/aromatic N) is 1. The first-order valence-corrected chi connectivity index (χ1v) is 5.91. The molecular formula is C11H11NO2S. The average molecular weight is 221 g/mol.